The van der Waals surface area contributed by atoms with Crippen LogP contribution in [-0.4, -0.2) is 40.0 Å². The Morgan fingerprint density at radius 2 is 2.00 bits per heavy atom. The van der Waals surface area contributed by atoms with Crippen molar-refractivity contribution in [1.29, 1.82) is 0 Å². The van der Waals surface area contributed by atoms with Crippen molar-refractivity contribution in [3.63, 3.8) is 0 Å². The maximum Gasteiger partial charge on any atom is 0.333 e. The second kappa shape index (κ2) is 8.72. The van der Waals surface area contributed by atoms with Gasteiger partial charge in [-0.1, -0.05) is 6.92 Å². The van der Waals surface area contributed by atoms with Crippen molar-refractivity contribution in [2.45, 2.75) is 13.3 Å². The minimum atomic E-state index is -0.289. The van der Waals surface area contributed by atoms with Crippen LogP contribution in [0.1, 0.15) is 13.3 Å². The predicted octanol–water partition coefficient (Wildman–Crippen LogP) is 1.16. The highest BCUT2D eigenvalue weighted by atomic mass is 16.5. The Morgan fingerprint density at radius 3 is 2.50 bits per heavy atom. The number of carbonyl (C=O) groups is 1. The summed E-state index contributed by atoms with van der Waals surface area (Å²) in [6, 6.07) is 0. The average molecular weight is 202 g/mol. The molecular weight excluding hydrogens is 184 g/mol. The number of rotatable bonds is 7. The molecule has 0 aliphatic heterocycles. The van der Waals surface area contributed by atoms with Crippen LogP contribution in [0.15, 0.2) is 11.6 Å². The van der Waals surface area contributed by atoms with Gasteiger partial charge in [-0.15, -0.1) is 0 Å². The lowest BCUT2D eigenvalue weighted by Gasteiger charge is -2.03. The Hall–Kier alpha value is -0.870. The maximum atomic E-state index is 11.1. The first kappa shape index (κ1) is 13.1. The third kappa shape index (κ3) is 5.72. The number of hydrogen-bond acceptors (Lipinski definition) is 4. The average Bonchev–Trinajstić information content (AvgIpc) is 2.22. The Labute approximate surface area is 84.8 Å². The second-order valence-electron chi connectivity index (χ2n) is 2.64. The van der Waals surface area contributed by atoms with Gasteiger partial charge >= 0.3 is 5.97 Å². The fraction of sp³-hybridized carbons (Fsp3) is 0.700. The zero-order valence-electron chi connectivity index (χ0n) is 9.04. The number of esters is 1. The van der Waals surface area contributed by atoms with Crippen molar-refractivity contribution < 1.29 is 19.0 Å². The minimum Gasteiger partial charge on any atom is -0.466 e. The summed E-state index contributed by atoms with van der Waals surface area (Å²) < 4.78 is 14.6. The summed E-state index contributed by atoms with van der Waals surface area (Å²) in [7, 11) is 2.99. The SMILES string of the molecule is CCC(=CCOCCOC)C(=O)OC. The molecule has 0 bridgehead atoms. The van der Waals surface area contributed by atoms with Gasteiger partial charge in [0.1, 0.15) is 0 Å². The van der Waals surface area contributed by atoms with Gasteiger partial charge in [0.05, 0.1) is 26.9 Å². The minimum absolute atomic E-state index is 0.289. The van der Waals surface area contributed by atoms with Gasteiger partial charge < -0.3 is 14.2 Å². The molecule has 0 radical (unpaired) electrons. The molecule has 0 aromatic rings. The number of methoxy groups -OCH3 is 2. The Kier molecular flexibility index (Phi) is 8.17. The van der Waals surface area contributed by atoms with Gasteiger partial charge in [-0.25, -0.2) is 4.79 Å². The summed E-state index contributed by atoms with van der Waals surface area (Å²) in [5, 5.41) is 0. The third-order valence-electron chi connectivity index (χ3n) is 1.71. The van der Waals surface area contributed by atoms with Crippen LogP contribution < -0.4 is 0 Å². The van der Waals surface area contributed by atoms with E-state index in [1.54, 1.807) is 13.2 Å². The Morgan fingerprint density at radius 1 is 1.29 bits per heavy atom. The molecule has 82 valence electrons. The van der Waals surface area contributed by atoms with Crippen LogP contribution in [0.5, 0.6) is 0 Å². The monoisotopic (exact) mass is 202 g/mol. The van der Waals surface area contributed by atoms with Crippen molar-refractivity contribution in [2.24, 2.45) is 0 Å². The summed E-state index contributed by atoms with van der Waals surface area (Å²) in [4.78, 5) is 11.1. The van der Waals surface area contributed by atoms with Gasteiger partial charge in [0.25, 0.3) is 0 Å². The highest BCUT2D eigenvalue weighted by Crippen LogP contribution is 2.02. The smallest absolute Gasteiger partial charge is 0.333 e. The van der Waals surface area contributed by atoms with E-state index in [0.29, 0.717) is 31.8 Å². The standard InChI is InChI=1S/C10H18O4/c1-4-9(10(11)13-3)5-6-14-8-7-12-2/h5H,4,6-8H2,1-3H3. The van der Waals surface area contributed by atoms with Crippen LogP contribution in [0.25, 0.3) is 0 Å². The van der Waals surface area contributed by atoms with Gasteiger partial charge in [-0.05, 0) is 12.5 Å². The molecule has 0 aliphatic carbocycles. The molecule has 0 aromatic carbocycles. The summed E-state index contributed by atoms with van der Waals surface area (Å²) in [5.41, 5.74) is 0.643. The molecule has 0 fully saturated rings. The van der Waals surface area contributed by atoms with Crippen molar-refractivity contribution in [1.82, 2.24) is 0 Å². The highest BCUT2D eigenvalue weighted by Gasteiger charge is 2.05. The molecule has 0 heterocycles. The first-order valence-electron chi connectivity index (χ1n) is 4.60. The molecule has 4 nitrogen and oxygen atoms in total. The molecule has 0 amide bonds. The van der Waals surface area contributed by atoms with Crippen molar-refractivity contribution in [2.75, 3.05) is 34.0 Å². The van der Waals surface area contributed by atoms with Crippen LogP contribution in [0.2, 0.25) is 0 Å². The lowest BCUT2D eigenvalue weighted by molar-refractivity contribution is -0.136. The quantitative estimate of drug-likeness (QED) is 0.353. The molecule has 14 heavy (non-hydrogen) atoms. The van der Waals surface area contributed by atoms with E-state index in [-0.39, 0.29) is 5.97 Å². The van der Waals surface area contributed by atoms with Crippen molar-refractivity contribution in [3.8, 4) is 0 Å². The largest absolute Gasteiger partial charge is 0.466 e. The van der Waals surface area contributed by atoms with Crippen LogP contribution in [0.4, 0.5) is 0 Å². The van der Waals surface area contributed by atoms with Crippen LogP contribution in [0, 0.1) is 0 Å². The van der Waals surface area contributed by atoms with Crippen molar-refractivity contribution in [3.05, 3.63) is 11.6 Å². The fourth-order valence-corrected chi connectivity index (χ4v) is 0.888. The zero-order chi connectivity index (χ0) is 10.8. The van der Waals surface area contributed by atoms with Gasteiger partial charge in [0, 0.05) is 12.7 Å². The number of ether oxygens (including phenoxy) is 3. The molecule has 0 rings (SSSR count). The maximum absolute atomic E-state index is 11.1. The van der Waals surface area contributed by atoms with Gasteiger partial charge in [0.2, 0.25) is 0 Å². The molecule has 0 atom stereocenters. The molecular formula is C10H18O4. The van der Waals surface area contributed by atoms with E-state index in [1.165, 1.54) is 7.11 Å². The van der Waals surface area contributed by atoms with Crippen LogP contribution in [0.3, 0.4) is 0 Å². The first-order chi connectivity index (χ1) is 6.76. The molecule has 0 unspecified atom stereocenters. The van der Waals surface area contributed by atoms with E-state index in [0.717, 1.165) is 0 Å². The molecule has 0 aliphatic rings. The topological polar surface area (TPSA) is 44.8 Å². The molecule has 4 heteroatoms. The summed E-state index contributed by atoms with van der Waals surface area (Å²) in [5.74, 6) is -0.289. The lowest BCUT2D eigenvalue weighted by atomic mass is 10.2. The Balaban J connectivity index is 3.76. The molecule has 0 N–H and O–H groups in total. The van der Waals surface area contributed by atoms with Gasteiger partial charge in [0.15, 0.2) is 0 Å². The normalized spacial score (nSPS) is 11.5. The van der Waals surface area contributed by atoms with Crippen LogP contribution in [-0.2, 0) is 19.0 Å². The van der Waals surface area contributed by atoms with E-state index >= 15 is 0 Å². The predicted molar refractivity (Wildman–Crippen MR) is 53.1 cm³/mol. The molecule has 0 saturated carbocycles. The first-order valence-corrected chi connectivity index (χ1v) is 4.60. The van der Waals surface area contributed by atoms with Crippen LogP contribution >= 0.6 is 0 Å². The molecule has 0 spiro atoms. The molecule has 0 saturated heterocycles. The van der Waals surface area contributed by atoms with E-state index < -0.39 is 0 Å². The Bertz CT molecular complexity index is 187. The summed E-state index contributed by atoms with van der Waals surface area (Å²) in [6.07, 6.45) is 2.39. The fourth-order valence-electron chi connectivity index (χ4n) is 0.888. The summed E-state index contributed by atoms with van der Waals surface area (Å²) >= 11 is 0. The van der Waals surface area contributed by atoms with Gasteiger partial charge in [-0.3, -0.25) is 0 Å². The highest BCUT2D eigenvalue weighted by molar-refractivity contribution is 5.88. The van der Waals surface area contributed by atoms with E-state index in [1.807, 2.05) is 6.92 Å². The van der Waals surface area contributed by atoms with Crippen molar-refractivity contribution >= 4 is 5.97 Å². The van der Waals surface area contributed by atoms with E-state index in [4.69, 9.17) is 9.47 Å². The van der Waals surface area contributed by atoms with E-state index in [9.17, 15) is 4.79 Å². The molecule has 0 aromatic heterocycles. The van der Waals surface area contributed by atoms with Gasteiger partial charge in [-0.2, -0.15) is 0 Å². The summed E-state index contributed by atoms with van der Waals surface area (Å²) in [6.45, 7) is 3.41. The number of hydrogen-bond donors (Lipinski definition) is 0. The number of carbonyl (C=O) groups excluding carboxylic acids is 1. The zero-order valence-corrected chi connectivity index (χ0v) is 9.04. The van der Waals surface area contributed by atoms with E-state index in [2.05, 4.69) is 4.74 Å². The lowest BCUT2D eigenvalue weighted by Crippen LogP contribution is -2.06. The third-order valence-corrected chi connectivity index (χ3v) is 1.71. The second-order valence-corrected chi connectivity index (χ2v) is 2.64.